The minimum Gasteiger partial charge on any atom is -0.458 e. The molecular formula is C19H18BrN3O5. The van der Waals surface area contributed by atoms with Gasteiger partial charge in [-0.05, 0) is 40.9 Å². The average molecular weight is 448 g/mol. The summed E-state index contributed by atoms with van der Waals surface area (Å²) >= 11 is 3.29. The van der Waals surface area contributed by atoms with Crippen LogP contribution in [0.25, 0.3) is 5.65 Å². The van der Waals surface area contributed by atoms with Gasteiger partial charge in [0.1, 0.15) is 18.8 Å². The lowest BCUT2D eigenvalue weighted by Crippen LogP contribution is -2.36. The maximum Gasteiger partial charge on any atom is 0.326 e. The number of halogens is 1. The summed E-state index contributed by atoms with van der Waals surface area (Å²) in [7, 11) is 0. The summed E-state index contributed by atoms with van der Waals surface area (Å²) in [6.07, 6.45) is 4.85. The van der Waals surface area contributed by atoms with Gasteiger partial charge in [-0.3, -0.25) is 28.5 Å². The molecule has 2 fully saturated rings. The Balaban J connectivity index is 1.41. The zero-order valence-electron chi connectivity index (χ0n) is 15.0. The molecule has 2 aromatic heterocycles. The van der Waals surface area contributed by atoms with Crippen LogP contribution < -0.4 is 5.56 Å². The van der Waals surface area contributed by atoms with E-state index in [4.69, 9.17) is 4.74 Å². The number of esters is 1. The van der Waals surface area contributed by atoms with Gasteiger partial charge in [0.2, 0.25) is 11.8 Å². The van der Waals surface area contributed by atoms with Crippen LogP contribution in [0.1, 0.15) is 31.4 Å². The van der Waals surface area contributed by atoms with Crippen molar-refractivity contribution in [1.82, 2.24) is 14.3 Å². The number of carbonyl (C=O) groups excluding carboxylic acids is 3. The summed E-state index contributed by atoms with van der Waals surface area (Å²) in [5, 5.41) is 0. The van der Waals surface area contributed by atoms with Crippen LogP contribution in [0.5, 0.6) is 0 Å². The molecule has 2 aromatic rings. The molecule has 0 unspecified atom stereocenters. The number of hydrogen-bond acceptors (Lipinski definition) is 6. The number of likely N-dealkylation sites (tertiary alicyclic amines) is 1. The molecule has 0 radical (unpaired) electrons. The van der Waals surface area contributed by atoms with Gasteiger partial charge >= 0.3 is 5.97 Å². The van der Waals surface area contributed by atoms with Crippen molar-refractivity contribution < 1.29 is 19.1 Å². The second kappa shape index (κ2) is 7.46. The largest absolute Gasteiger partial charge is 0.458 e. The van der Waals surface area contributed by atoms with Gasteiger partial charge in [0.15, 0.2) is 0 Å². The Kier molecular flexibility index (Phi) is 5.01. The van der Waals surface area contributed by atoms with Crippen molar-refractivity contribution >= 4 is 39.4 Å². The first-order valence-electron chi connectivity index (χ1n) is 9.13. The number of carbonyl (C=O) groups is 3. The Hall–Kier alpha value is -2.55. The van der Waals surface area contributed by atoms with Crippen LogP contribution in [0.15, 0.2) is 33.7 Å². The standard InChI is InChI=1S/C19H18BrN3O5/c20-11-5-6-15-21-12(7-16(24)22(15)8-11)10-28-17(25)9-23-18(26)13-3-1-2-4-14(13)19(23)27/h5-8,13-14H,1-4,9-10H2/t13-,14-/m1/s1. The van der Waals surface area contributed by atoms with Gasteiger partial charge in [-0.15, -0.1) is 0 Å². The van der Waals surface area contributed by atoms with Crippen molar-refractivity contribution in [1.29, 1.82) is 0 Å². The highest BCUT2D eigenvalue weighted by atomic mass is 79.9. The van der Waals surface area contributed by atoms with E-state index in [1.54, 1.807) is 18.3 Å². The SMILES string of the molecule is O=C(CN1C(=O)[C@@H]2CCCC[C@H]2C1=O)OCc1cc(=O)n2cc(Br)ccc2n1. The van der Waals surface area contributed by atoms with Gasteiger partial charge in [-0.25, -0.2) is 4.98 Å². The van der Waals surface area contributed by atoms with Gasteiger partial charge in [0.05, 0.1) is 17.5 Å². The molecule has 8 nitrogen and oxygen atoms in total. The lowest BCUT2D eigenvalue weighted by molar-refractivity contribution is -0.153. The van der Waals surface area contributed by atoms with Crippen molar-refractivity contribution in [3.63, 3.8) is 0 Å². The third-order valence-corrected chi connectivity index (χ3v) is 5.75. The van der Waals surface area contributed by atoms with Gasteiger partial charge in [0, 0.05) is 16.7 Å². The van der Waals surface area contributed by atoms with Crippen molar-refractivity contribution in [2.75, 3.05) is 6.54 Å². The number of pyridine rings is 1. The first kappa shape index (κ1) is 18.8. The first-order chi connectivity index (χ1) is 13.4. The van der Waals surface area contributed by atoms with Crippen LogP contribution in [0.3, 0.4) is 0 Å². The highest BCUT2D eigenvalue weighted by molar-refractivity contribution is 9.10. The molecule has 9 heteroatoms. The normalized spacial score (nSPS) is 21.8. The van der Waals surface area contributed by atoms with Crippen molar-refractivity contribution in [3.8, 4) is 0 Å². The summed E-state index contributed by atoms with van der Waals surface area (Å²) in [6.45, 7) is -0.603. The lowest BCUT2D eigenvalue weighted by atomic mass is 9.81. The second-order valence-electron chi connectivity index (χ2n) is 7.08. The smallest absolute Gasteiger partial charge is 0.326 e. The third-order valence-electron chi connectivity index (χ3n) is 5.28. The second-order valence-corrected chi connectivity index (χ2v) is 8.00. The molecule has 2 aliphatic rings. The number of nitrogens with zero attached hydrogens (tertiary/aromatic N) is 3. The fourth-order valence-corrected chi connectivity index (χ4v) is 4.25. The maximum atomic E-state index is 12.4. The molecule has 2 amide bonds. The van der Waals surface area contributed by atoms with Crippen molar-refractivity contribution in [3.05, 3.63) is 44.9 Å². The molecule has 1 saturated carbocycles. The Morgan fingerprint density at radius 2 is 1.82 bits per heavy atom. The van der Waals surface area contributed by atoms with E-state index in [1.807, 2.05) is 0 Å². The summed E-state index contributed by atoms with van der Waals surface area (Å²) in [4.78, 5) is 54.5. The van der Waals surface area contributed by atoms with E-state index in [1.165, 1.54) is 10.5 Å². The zero-order chi connectivity index (χ0) is 19.8. The molecule has 1 aliphatic carbocycles. The van der Waals surface area contributed by atoms with E-state index < -0.39 is 12.5 Å². The minimum absolute atomic E-state index is 0.205. The molecule has 0 spiro atoms. The highest BCUT2D eigenvalue weighted by Gasteiger charge is 2.48. The summed E-state index contributed by atoms with van der Waals surface area (Å²) in [6, 6.07) is 4.70. The molecule has 0 aromatic carbocycles. The fourth-order valence-electron chi connectivity index (χ4n) is 3.92. The van der Waals surface area contributed by atoms with E-state index in [0.717, 1.165) is 22.2 Å². The molecule has 4 rings (SSSR count). The molecule has 0 N–H and O–H groups in total. The minimum atomic E-state index is -0.696. The molecule has 2 atom stereocenters. The predicted octanol–water partition coefficient (Wildman–Crippen LogP) is 1.68. The van der Waals surface area contributed by atoms with Gasteiger partial charge in [-0.2, -0.15) is 0 Å². The average Bonchev–Trinajstić information content (AvgIpc) is 2.92. The Labute approximate surface area is 168 Å². The van der Waals surface area contributed by atoms with Gasteiger partial charge in [0.25, 0.3) is 5.56 Å². The summed E-state index contributed by atoms with van der Waals surface area (Å²) < 4.78 is 7.28. The maximum absolute atomic E-state index is 12.4. The molecule has 3 heterocycles. The number of rotatable bonds is 4. The quantitative estimate of drug-likeness (QED) is 0.522. The summed E-state index contributed by atoms with van der Waals surface area (Å²) in [5.74, 6) is -1.84. The molecule has 28 heavy (non-hydrogen) atoms. The molecule has 0 bridgehead atoms. The van der Waals surface area contributed by atoms with Crippen LogP contribution in [0, 0.1) is 11.8 Å². The summed E-state index contributed by atoms with van der Waals surface area (Å²) in [5.41, 5.74) is 0.426. The number of imide groups is 1. The van der Waals surface area contributed by atoms with Crippen LogP contribution in [0.4, 0.5) is 0 Å². The molecule has 146 valence electrons. The lowest BCUT2D eigenvalue weighted by Gasteiger charge is -2.19. The molecule has 1 aliphatic heterocycles. The Morgan fingerprint density at radius 3 is 2.50 bits per heavy atom. The highest BCUT2D eigenvalue weighted by Crippen LogP contribution is 2.37. The monoisotopic (exact) mass is 447 g/mol. The van der Waals surface area contributed by atoms with Crippen molar-refractivity contribution in [2.24, 2.45) is 11.8 Å². The number of aromatic nitrogens is 2. The zero-order valence-corrected chi connectivity index (χ0v) is 16.6. The van der Waals surface area contributed by atoms with E-state index in [-0.39, 0.29) is 35.8 Å². The van der Waals surface area contributed by atoms with E-state index in [2.05, 4.69) is 20.9 Å². The molecular weight excluding hydrogens is 430 g/mol. The Morgan fingerprint density at radius 1 is 1.14 bits per heavy atom. The van der Waals surface area contributed by atoms with E-state index >= 15 is 0 Å². The van der Waals surface area contributed by atoms with Crippen LogP contribution in [0.2, 0.25) is 0 Å². The van der Waals surface area contributed by atoms with Crippen LogP contribution >= 0.6 is 15.9 Å². The number of ether oxygens (including phenoxy) is 1. The van der Waals surface area contributed by atoms with E-state index in [9.17, 15) is 19.2 Å². The van der Waals surface area contributed by atoms with Crippen molar-refractivity contribution in [2.45, 2.75) is 32.3 Å². The van der Waals surface area contributed by atoms with Crippen LogP contribution in [-0.4, -0.2) is 38.6 Å². The van der Waals surface area contributed by atoms with E-state index in [0.29, 0.717) is 24.2 Å². The number of fused-ring (bicyclic) bond motifs is 2. The molecule has 1 saturated heterocycles. The first-order valence-corrected chi connectivity index (χ1v) is 9.92. The number of hydrogen-bond donors (Lipinski definition) is 0. The topological polar surface area (TPSA) is 98.0 Å². The van der Waals surface area contributed by atoms with Gasteiger partial charge < -0.3 is 4.74 Å². The van der Waals surface area contributed by atoms with Gasteiger partial charge in [-0.1, -0.05) is 12.8 Å². The predicted molar refractivity (Wildman–Crippen MR) is 101 cm³/mol. The number of amides is 2. The Bertz CT molecular complexity index is 1010. The fraction of sp³-hybridized carbons (Fsp3) is 0.421. The third kappa shape index (κ3) is 3.46. The van der Waals surface area contributed by atoms with Crippen LogP contribution in [-0.2, 0) is 25.7 Å².